The summed E-state index contributed by atoms with van der Waals surface area (Å²) < 4.78 is 2.06. The zero-order valence-corrected chi connectivity index (χ0v) is 13.0. The second-order valence-electron chi connectivity index (χ2n) is 5.66. The average Bonchev–Trinajstić information content (AvgIpc) is 2.97. The first kappa shape index (κ1) is 14.8. The smallest absolute Gasteiger partial charge is 0.139 e. The molecule has 0 saturated carbocycles. The van der Waals surface area contributed by atoms with Gasteiger partial charge in [-0.3, -0.25) is 0 Å². The van der Waals surface area contributed by atoms with Crippen LogP contribution >= 0.6 is 0 Å². The van der Waals surface area contributed by atoms with Gasteiger partial charge in [-0.2, -0.15) is 0 Å². The van der Waals surface area contributed by atoms with Crippen molar-refractivity contribution in [2.24, 2.45) is 0 Å². The zero-order chi connectivity index (χ0) is 15.5. The molecule has 4 nitrogen and oxygen atoms in total. The highest BCUT2D eigenvalue weighted by Gasteiger charge is 2.08. The van der Waals surface area contributed by atoms with Crippen LogP contribution in [0.1, 0.15) is 35.3 Å². The van der Waals surface area contributed by atoms with Gasteiger partial charge in [0.1, 0.15) is 5.65 Å². The third kappa shape index (κ3) is 3.03. The van der Waals surface area contributed by atoms with Crippen molar-refractivity contribution < 1.29 is 5.11 Å². The van der Waals surface area contributed by atoms with Crippen LogP contribution in [-0.2, 0) is 13.2 Å². The van der Waals surface area contributed by atoms with Crippen LogP contribution in [0.2, 0.25) is 0 Å². The third-order valence-corrected chi connectivity index (χ3v) is 3.95. The van der Waals surface area contributed by atoms with Crippen molar-refractivity contribution in [3.05, 3.63) is 71.2 Å². The maximum atomic E-state index is 9.23. The molecular formula is C18H21N3O. The Morgan fingerprint density at radius 3 is 2.91 bits per heavy atom. The minimum absolute atomic E-state index is 0.0757. The van der Waals surface area contributed by atoms with Crippen LogP contribution in [-0.4, -0.2) is 14.5 Å². The van der Waals surface area contributed by atoms with Crippen LogP contribution < -0.4 is 5.32 Å². The molecule has 2 aromatic heterocycles. The number of imidazole rings is 1. The van der Waals surface area contributed by atoms with Gasteiger partial charge in [0.2, 0.25) is 0 Å². The van der Waals surface area contributed by atoms with Gasteiger partial charge in [0.25, 0.3) is 0 Å². The molecule has 2 N–H and O–H groups in total. The van der Waals surface area contributed by atoms with E-state index in [4.69, 9.17) is 0 Å². The molecule has 0 saturated heterocycles. The Labute approximate surface area is 130 Å². The Kier molecular flexibility index (Phi) is 4.22. The number of aliphatic hydroxyl groups excluding tert-OH is 1. The molecule has 0 bridgehead atoms. The first-order chi connectivity index (χ1) is 10.7. The predicted molar refractivity (Wildman–Crippen MR) is 87.5 cm³/mol. The number of hydrogen-bond donors (Lipinski definition) is 2. The highest BCUT2D eigenvalue weighted by Crippen LogP contribution is 2.16. The number of aromatic nitrogens is 2. The van der Waals surface area contributed by atoms with Gasteiger partial charge in [-0.25, -0.2) is 4.98 Å². The number of fused-ring (bicyclic) bond motifs is 1. The molecule has 0 spiro atoms. The van der Waals surface area contributed by atoms with Crippen molar-refractivity contribution in [1.82, 2.24) is 14.7 Å². The van der Waals surface area contributed by atoms with Crippen molar-refractivity contribution in [2.45, 2.75) is 33.0 Å². The summed E-state index contributed by atoms with van der Waals surface area (Å²) in [4.78, 5) is 4.67. The molecule has 3 rings (SSSR count). The molecule has 0 aliphatic heterocycles. The van der Waals surface area contributed by atoms with E-state index in [2.05, 4.69) is 46.9 Å². The Bertz CT molecular complexity index is 779. The molecule has 4 heteroatoms. The summed E-state index contributed by atoms with van der Waals surface area (Å²) >= 11 is 0. The van der Waals surface area contributed by atoms with Crippen molar-refractivity contribution in [2.75, 3.05) is 0 Å². The van der Waals surface area contributed by atoms with Crippen molar-refractivity contribution >= 4 is 5.65 Å². The SMILES string of the molecule is Cc1cccn2cc(CNC(C)c3cccc(CO)c3)nc12. The highest BCUT2D eigenvalue weighted by atomic mass is 16.3. The van der Waals surface area contributed by atoms with Gasteiger partial charge < -0.3 is 14.8 Å². The highest BCUT2D eigenvalue weighted by molar-refractivity contribution is 5.47. The summed E-state index contributed by atoms with van der Waals surface area (Å²) in [6.07, 6.45) is 4.08. The van der Waals surface area contributed by atoms with Gasteiger partial charge in [-0.05, 0) is 36.6 Å². The lowest BCUT2D eigenvalue weighted by Crippen LogP contribution is -2.18. The number of hydrogen-bond acceptors (Lipinski definition) is 3. The Morgan fingerprint density at radius 2 is 2.14 bits per heavy atom. The molecule has 0 aliphatic carbocycles. The second kappa shape index (κ2) is 6.30. The fourth-order valence-corrected chi connectivity index (χ4v) is 2.63. The number of aliphatic hydroxyl groups is 1. The van der Waals surface area contributed by atoms with Gasteiger partial charge in [0.05, 0.1) is 12.3 Å². The van der Waals surface area contributed by atoms with Crippen LogP contribution in [0.15, 0.2) is 48.8 Å². The molecule has 2 heterocycles. The quantitative estimate of drug-likeness (QED) is 0.761. The van der Waals surface area contributed by atoms with Gasteiger partial charge in [-0.1, -0.05) is 30.3 Å². The first-order valence-electron chi connectivity index (χ1n) is 7.53. The fraction of sp³-hybridized carbons (Fsp3) is 0.278. The number of benzene rings is 1. The van der Waals surface area contributed by atoms with Crippen LogP contribution in [0, 0.1) is 6.92 Å². The topological polar surface area (TPSA) is 49.6 Å². The summed E-state index contributed by atoms with van der Waals surface area (Å²) in [5, 5.41) is 12.7. The summed E-state index contributed by atoms with van der Waals surface area (Å²) in [6, 6.07) is 12.3. The summed E-state index contributed by atoms with van der Waals surface area (Å²) in [7, 11) is 0. The monoisotopic (exact) mass is 295 g/mol. The zero-order valence-electron chi connectivity index (χ0n) is 13.0. The van der Waals surface area contributed by atoms with E-state index in [1.807, 2.05) is 30.5 Å². The summed E-state index contributed by atoms with van der Waals surface area (Å²) in [5.41, 5.74) is 5.33. The molecule has 1 atom stereocenters. The lowest BCUT2D eigenvalue weighted by Gasteiger charge is -2.14. The largest absolute Gasteiger partial charge is 0.392 e. The number of aryl methyl sites for hydroxylation is 1. The normalized spacial score (nSPS) is 12.7. The van der Waals surface area contributed by atoms with E-state index >= 15 is 0 Å². The van der Waals surface area contributed by atoms with Gasteiger partial charge in [0.15, 0.2) is 0 Å². The van der Waals surface area contributed by atoms with E-state index < -0.39 is 0 Å². The van der Waals surface area contributed by atoms with E-state index in [1.54, 1.807) is 0 Å². The van der Waals surface area contributed by atoms with E-state index in [0.29, 0.717) is 6.54 Å². The van der Waals surface area contributed by atoms with E-state index in [9.17, 15) is 5.11 Å². The van der Waals surface area contributed by atoms with Crippen molar-refractivity contribution in [1.29, 1.82) is 0 Å². The first-order valence-corrected chi connectivity index (χ1v) is 7.53. The maximum Gasteiger partial charge on any atom is 0.139 e. The summed E-state index contributed by atoms with van der Waals surface area (Å²) in [6.45, 7) is 4.98. The third-order valence-electron chi connectivity index (χ3n) is 3.95. The Balaban J connectivity index is 1.71. The molecule has 0 amide bonds. The molecule has 3 aromatic rings. The number of pyridine rings is 1. The molecule has 22 heavy (non-hydrogen) atoms. The van der Waals surface area contributed by atoms with E-state index in [-0.39, 0.29) is 12.6 Å². The maximum absolute atomic E-state index is 9.23. The van der Waals surface area contributed by atoms with Crippen LogP contribution in [0.3, 0.4) is 0 Å². The molecule has 1 unspecified atom stereocenters. The molecule has 0 radical (unpaired) electrons. The minimum Gasteiger partial charge on any atom is -0.392 e. The minimum atomic E-state index is 0.0757. The van der Waals surface area contributed by atoms with E-state index in [1.165, 1.54) is 11.1 Å². The van der Waals surface area contributed by atoms with Gasteiger partial charge >= 0.3 is 0 Å². The van der Waals surface area contributed by atoms with Crippen LogP contribution in [0.4, 0.5) is 0 Å². The second-order valence-corrected chi connectivity index (χ2v) is 5.66. The summed E-state index contributed by atoms with van der Waals surface area (Å²) in [5.74, 6) is 0. The number of nitrogens with one attached hydrogen (secondary N) is 1. The standard InChI is InChI=1S/C18H21N3O/c1-13-5-4-8-21-11-17(20-18(13)21)10-19-14(2)16-7-3-6-15(9-16)12-22/h3-9,11,14,19,22H,10,12H2,1-2H3. The van der Waals surface area contributed by atoms with E-state index in [0.717, 1.165) is 16.9 Å². The van der Waals surface area contributed by atoms with Crippen molar-refractivity contribution in [3.63, 3.8) is 0 Å². The molecule has 114 valence electrons. The number of rotatable bonds is 5. The van der Waals surface area contributed by atoms with Crippen molar-refractivity contribution in [3.8, 4) is 0 Å². The van der Waals surface area contributed by atoms with Crippen LogP contribution in [0.25, 0.3) is 5.65 Å². The lowest BCUT2D eigenvalue weighted by atomic mass is 10.1. The fourth-order valence-electron chi connectivity index (χ4n) is 2.63. The predicted octanol–water partition coefficient (Wildman–Crippen LogP) is 2.99. The lowest BCUT2D eigenvalue weighted by molar-refractivity contribution is 0.281. The Hall–Kier alpha value is -2.17. The molecule has 0 fully saturated rings. The van der Waals surface area contributed by atoms with Gasteiger partial charge in [0, 0.05) is 25.0 Å². The Morgan fingerprint density at radius 1 is 1.27 bits per heavy atom. The average molecular weight is 295 g/mol. The molecule has 0 aliphatic rings. The van der Waals surface area contributed by atoms with Gasteiger partial charge in [-0.15, -0.1) is 0 Å². The molecule has 1 aromatic carbocycles. The number of nitrogens with zero attached hydrogens (tertiary/aromatic N) is 2. The van der Waals surface area contributed by atoms with Crippen LogP contribution in [0.5, 0.6) is 0 Å². The molecular weight excluding hydrogens is 274 g/mol.